The molecular weight excluding hydrogens is 474 g/mol. The number of carbonyl (C=O) groups excluding carboxylic acids is 1. The van der Waals surface area contributed by atoms with E-state index in [1.54, 1.807) is 18.6 Å². The molecule has 0 aliphatic carbocycles. The van der Waals surface area contributed by atoms with Gasteiger partial charge in [0, 0.05) is 72.8 Å². The summed E-state index contributed by atoms with van der Waals surface area (Å²) in [5, 5.41) is 2.72. The maximum atomic E-state index is 12.4. The van der Waals surface area contributed by atoms with Crippen LogP contribution in [0.4, 0.5) is 5.69 Å². The van der Waals surface area contributed by atoms with Gasteiger partial charge in [0.05, 0.1) is 11.9 Å². The number of rotatable bonds is 6. The number of benzene rings is 1. The number of aromatic nitrogens is 3. The van der Waals surface area contributed by atoms with Gasteiger partial charge in [0.25, 0.3) is 0 Å². The number of hydrogen-bond acceptors (Lipinski definition) is 6. The maximum Gasteiger partial charge on any atom is 0.236 e. The summed E-state index contributed by atoms with van der Waals surface area (Å²) < 4.78 is 0. The Morgan fingerprint density at radius 3 is 2.63 bits per heavy atom. The number of anilines is 1. The molecule has 194 valence electrons. The molecule has 4 heterocycles. The zero-order chi connectivity index (χ0) is 26.6. The first-order valence-electron chi connectivity index (χ1n) is 12.7. The highest BCUT2D eigenvalue weighted by molar-refractivity contribution is 5.92. The quantitative estimate of drug-likeness (QED) is 0.415. The minimum Gasteiger partial charge on any atom is -0.403 e. The van der Waals surface area contributed by atoms with Gasteiger partial charge in [-0.05, 0) is 61.1 Å². The van der Waals surface area contributed by atoms with Gasteiger partial charge in [0.15, 0.2) is 0 Å². The fourth-order valence-electron chi connectivity index (χ4n) is 4.83. The number of H-pyrrole nitrogens is 1. The number of pyridine rings is 2. The third kappa shape index (κ3) is 5.31. The number of nitrogens with two attached hydrogens (primary N) is 1. The van der Waals surface area contributed by atoms with Crippen molar-refractivity contribution in [1.82, 2.24) is 24.8 Å². The van der Waals surface area contributed by atoms with Crippen LogP contribution in [-0.2, 0) is 4.79 Å². The maximum absolute atomic E-state index is 12.4. The Morgan fingerprint density at radius 2 is 1.92 bits per heavy atom. The minimum atomic E-state index is 0.183. The van der Waals surface area contributed by atoms with E-state index in [1.165, 1.54) is 0 Å². The molecule has 8 nitrogen and oxygen atoms in total. The Kier molecular flexibility index (Phi) is 7.24. The second-order valence-corrected chi connectivity index (χ2v) is 9.81. The Bertz CT molecular complexity index is 1580. The molecule has 5 rings (SSSR count). The number of hydrogen-bond donors (Lipinski definition) is 2. The Labute approximate surface area is 222 Å². The minimum absolute atomic E-state index is 0.183. The highest BCUT2D eigenvalue weighted by Gasteiger charge is 2.21. The summed E-state index contributed by atoms with van der Waals surface area (Å²) in [5.74, 6) is 0.183. The first-order valence-corrected chi connectivity index (χ1v) is 12.7. The Morgan fingerprint density at radius 1 is 1.11 bits per heavy atom. The van der Waals surface area contributed by atoms with E-state index in [0.29, 0.717) is 6.54 Å². The first kappa shape index (κ1) is 25.2. The highest BCUT2D eigenvalue weighted by atomic mass is 16.2. The van der Waals surface area contributed by atoms with Crippen LogP contribution in [0.5, 0.6) is 0 Å². The zero-order valence-electron chi connectivity index (χ0n) is 21.9. The molecule has 1 aliphatic heterocycles. The summed E-state index contributed by atoms with van der Waals surface area (Å²) in [5.41, 5.74) is 11.8. The van der Waals surface area contributed by atoms with Crippen molar-refractivity contribution in [1.29, 1.82) is 0 Å². The number of piperazine rings is 1. The molecule has 0 saturated carbocycles. The van der Waals surface area contributed by atoms with E-state index in [-0.39, 0.29) is 5.91 Å². The monoisotopic (exact) mass is 507 g/mol. The summed E-state index contributed by atoms with van der Waals surface area (Å²) in [6.07, 6.45) is 9.01. The van der Waals surface area contributed by atoms with Crippen LogP contribution in [0.25, 0.3) is 40.0 Å². The van der Waals surface area contributed by atoms with Gasteiger partial charge in [-0.25, -0.2) is 4.98 Å². The number of nitrogens with one attached hydrogen (secondary N) is 1. The smallest absolute Gasteiger partial charge is 0.236 e. The number of likely N-dealkylation sites (N-methyl/N-ethyl adjacent to an activating group) is 1. The molecule has 0 unspecified atom stereocenters. The summed E-state index contributed by atoms with van der Waals surface area (Å²) in [6.45, 7) is 7.76. The topological polar surface area (TPSA) is 94.4 Å². The third-order valence-electron chi connectivity index (χ3n) is 6.87. The van der Waals surface area contributed by atoms with Crippen molar-refractivity contribution in [2.75, 3.05) is 51.7 Å². The summed E-state index contributed by atoms with van der Waals surface area (Å²) >= 11 is 0. The normalized spacial score (nSPS) is 15.0. The molecule has 1 saturated heterocycles. The van der Waals surface area contributed by atoms with Crippen molar-refractivity contribution >= 4 is 40.5 Å². The van der Waals surface area contributed by atoms with Gasteiger partial charge in [0.2, 0.25) is 5.91 Å². The van der Waals surface area contributed by atoms with Crippen LogP contribution in [-0.4, -0.2) is 77.5 Å². The molecule has 1 amide bonds. The molecule has 0 bridgehead atoms. The molecule has 0 radical (unpaired) electrons. The number of fused-ring (bicyclic) bond motifs is 1. The SMILES string of the molecule is C=C(/C=c1\c(=C/N)[nH]c2ncc(-c3cccc(N4CCN(C(=O)CN(C)C)CC4)c3)cc12)c1cccnc1. The number of amides is 1. The number of allylic oxidation sites excluding steroid dienone is 1. The molecule has 3 aromatic heterocycles. The van der Waals surface area contributed by atoms with Crippen LogP contribution in [0.1, 0.15) is 5.56 Å². The second-order valence-electron chi connectivity index (χ2n) is 9.81. The highest BCUT2D eigenvalue weighted by Crippen LogP contribution is 2.26. The summed E-state index contributed by atoms with van der Waals surface area (Å²) in [4.78, 5) is 30.9. The fraction of sp³-hybridized carbons (Fsp3) is 0.233. The fourth-order valence-corrected chi connectivity index (χ4v) is 4.83. The van der Waals surface area contributed by atoms with Crippen LogP contribution in [0.3, 0.4) is 0 Å². The molecule has 38 heavy (non-hydrogen) atoms. The average molecular weight is 508 g/mol. The van der Waals surface area contributed by atoms with E-state index in [9.17, 15) is 4.79 Å². The number of aromatic amines is 1. The standard InChI is InChI=1S/C30H33N7O/c1-21(23-7-5-9-32-18-23)14-26-27-16-24(19-33-30(27)34-28(26)17-31)22-6-4-8-25(15-22)36-10-12-37(13-11-36)29(38)20-35(2)3/h4-9,14-19H,1,10-13,20,31H2,2-3H3,(H,33,34)/b26-14-,28-17+. The van der Waals surface area contributed by atoms with Gasteiger partial charge in [-0.15, -0.1) is 0 Å². The van der Waals surface area contributed by atoms with Crippen molar-refractivity contribution in [3.8, 4) is 11.1 Å². The molecule has 0 atom stereocenters. The van der Waals surface area contributed by atoms with E-state index < -0.39 is 0 Å². The lowest BCUT2D eigenvalue weighted by molar-refractivity contribution is -0.132. The molecular formula is C30H33N7O. The molecule has 1 aliphatic rings. The average Bonchev–Trinajstić information content (AvgIpc) is 3.30. The molecule has 3 N–H and O–H groups in total. The Balaban J connectivity index is 1.43. The lowest BCUT2D eigenvalue weighted by Gasteiger charge is -2.36. The van der Waals surface area contributed by atoms with E-state index in [4.69, 9.17) is 10.7 Å². The molecule has 4 aromatic rings. The molecule has 8 heteroatoms. The zero-order valence-corrected chi connectivity index (χ0v) is 21.9. The third-order valence-corrected chi connectivity index (χ3v) is 6.87. The van der Waals surface area contributed by atoms with E-state index in [2.05, 4.69) is 51.8 Å². The van der Waals surface area contributed by atoms with Crippen molar-refractivity contribution in [2.45, 2.75) is 0 Å². The van der Waals surface area contributed by atoms with Gasteiger partial charge < -0.3 is 25.4 Å². The van der Waals surface area contributed by atoms with Crippen LogP contribution >= 0.6 is 0 Å². The predicted molar refractivity (Wildman–Crippen MR) is 155 cm³/mol. The van der Waals surface area contributed by atoms with Crippen LogP contribution in [0.2, 0.25) is 0 Å². The van der Waals surface area contributed by atoms with E-state index in [1.807, 2.05) is 48.3 Å². The van der Waals surface area contributed by atoms with Crippen molar-refractivity contribution in [3.63, 3.8) is 0 Å². The van der Waals surface area contributed by atoms with Gasteiger partial charge in [-0.2, -0.15) is 0 Å². The van der Waals surface area contributed by atoms with Crippen LogP contribution in [0.15, 0.2) is 67.6 Å². The summed E-state index contributed by atoms with van der Waals surface area (Å²) in [6, 6.07) is 14.5. The second kappa shape index (κ2) is 10.9. The lowest BCUT2D eigenvalue weighted by atomic mass is 10.0. The Hall–Kier alpha value is -4.43. The van der Waals surface area contributed by atoms with E-state index in [0.717, 1.165) is 75.7 Å². The van der Waals surface area contributed by atoms with Crippen LogP contribution in [0, 0.1) is 0 Å². The predicted octanol–water partition coefficient (Wildman–Crippen LogP) is 2.03. The molecule has 1 fully saturated rings. The van der Waals surface area contributed by atoms with Gasteiger partial charge >= 0.3 is 0 Å². The largest absolute Gasteiger partial charge is 0.403 e. The lowest BCUT2D eigenvalue weighted by Crippen LogP contribution is -2.50. The van der Waals surface area contributed by atoms with Crippen molar-refractivity contribution < 1.29 is 4.79 Å². The van der Waals surface area contributed by atoms with Gasteiger partial charge in [-0.3, -0.25) is 9.78 Å². The summed E-state index contributed by atoms with van der Waals surface area (Å²) in [7, 11) is 3.85. The van der Waals surface area contributed by atoms with Gasteiger partial charge in [0.1, 0.15) is 5.65 Å². The van der Waals surface area contributed by atoms with Crippen molar-refractivity contribution in [2.24, 2.45) is 5.73 Å². The number of carbonyl (C=O) groups is 1. The van der Waals surface area contributed by atoms with E-state index >= 15 is 0 Å². The van der Waals surface area contributed by atoms with Crippen LogP contribution < -0.4 is 21.2 Å². The van der Waals surface area contributed by atoms with Gasteiger partial charge in [-0.1, -0.05) is 24.8 Å². The molecule has 1 aromatic carbocycles. The van der Waals surface area contributed by atoms with Crippen molar-refractivity contribution in [3.05, 3.63) is 83.8 Å². The molecule has 0 spiro atoms. The first-order chi connectivity index (χ1) is 18.4. The number of nitrogens with zero attached hydrogens (tertiary/aromatic N) is 5.